The fraction of sp³-hybridized carbons (Fsp3) is 0.938. The van der Waals surface area contributed by atoms with Gasteiger partial charge in [0.2, 0.25) is 5.91 Å². The van der Waals surface area contributed by atoms with Crippen molar-refractivity contribution in [3.05, 3.63) is 0 Å². The highest BCUT2D eigenvalue weighted by Gasteiger charge is 2.29. The van der Waals surface area contributed by atoms with Crippen molar-refractivity contribution in [3.8, 4) is 0 Å². The van der Waals surface area contributed by atoms with Gasteiger partial charge in [-0.1, -0.05) is 19.3 Å². The van der Waals surface area contributed by atoms with Crippen molar-refractivity contribution < 1.29 is 4.79 Å². The van der Waals surface area contributed by atoms with Gasteiger partial charge in [0, 0.05) is 12.0 Å². The molecule has 0 aliphatic heterocycles. The summed E-state index contributed by atoms with van der Waals surface area (Å²) in [6.07, 6.45) is 11.7. The summed E-state index contributed by atoms with van der Waals surface area (Å²) in [4.78, 5) is 12.2. The minimum Gasteiger partial charge on any atom is -0.351 e. The largest absolute Gasteiger partial charge is 0.351 e. The number of carbonyl (C=O) groups is 1. The van der Waals surface area contributed by atoms with Gasteiger partial charge in [-0.15, -0.1) is 0 Å². The first-order valence-corrected chi connectivity index (χ1v) is 8.12. The van der Waals surface area contributed by atoms with E-state index in [1.54, 1.807) is 0 Å². The quantitative estimate of drug-likeness (QED) is 0.822. The predicted octanol–water partition coefficient (Wildman–Crippen LogP) is 2.98. The van der Waals surface area contributed by atoms with Gasteiger partial charge in [-0.2, -0.15) is 0 Å². The molecule has 3 nitrogen and oxygen atoms in total. The van der Waals surface area contributed by atoms with Gasteiger partial charge in [-0.3, -0.25) is 4.79 Å². The second-order valence-electron chi connectivity index (χ2n) is 7.00. The molecule has 2 saturated carbocycles. The molecule has 0 saturated heterocycles. The van der Waals surface area contributed by atoms with Gasteiger partial charge in [-0.25, -0.2) is 0 Å². The van der Waals surface area contributed by atoms with E-state index in [4.69, 9.17) is 5.73 Å². The van der Waals surface area contributed by atoms with Gasteiger partial charge in [0.15, 0.2) is 0 Å². The summed E-state index contributed by atoms with van der Waals surface area (Å²) < 4.78 is 0. The fourth-order valence-electron chi connectivity index (χ4n) is 3.78. The average molecular weight is 266 g/mol. The summed E-state index contributed by atoms with van der Waals surface area (Å²) >= 11 is 0. The molecule has 0 atom stereocenters. The van der Waals surface area contributed by atoms with Crippen LogP contribution in [0.15, 0.2) is 0 Å². The van der Waals surface area contributed by atoms with Crippen LogP contribution in [0.1, 0.15) is 71.1 Å². The molecule has 3 N–H and O–H groups in total. The highest BCUT2D eigenvalue weighted by molar-refractivity contribution is 5.77. The van der Waals surface area contributed by atoms with Crippen LogP contribution in [0.2, 0.25) is 0 Å². The van der Waals surface area contributed by atoms with Crippen LogP contribution in [-0.4, -0.2) is 18.0 Å². The summed E-state index contributed by atoms with van der Waals surface area (Å²) in [6, 6.07) is 0. The van der Waals surface area contributed by atoms with Crippen LogP contribution in [0.4, 0.5) is 0 Å². The summed E-state index contributed by atoms with van der Waals surface area (Å²) in [5.41, 5.74) is 5.78. The first-order valence-electron chi connectivity index (χ1n) is 8.12. The van der Waals surface area contributed by atoms with E-state index in [2.05, 4.69) is 12.2 Å². The first kappa shape index (κ1) is 14.8. The summed E-state index contributed by atoms with van der Waals surface area (Å²) in [5.74, 6) is 1.57. The minimum atomic E-state index is 0.0732. The van der Waals surface area contributed by atoms with Gasteiger partial charge in [-0.05, 0) is 63.8 Å². The van der Waals surface area contributed by atoms with Crippen molar-refractivity contribution >= 4 is 5.91 Å². The Bertz CT molecular complexity index is 289. The van der Waals surface area contributed by atoms with E-state index in [0.29, 0.717) is 11.8 Å². The molecular weight excluding hydrogens is 236 g/mol. The third-order valence-electron chi connectivity index (χ3n) is 5.17. The third kappa shape index (κ3) is 4.48. The van der Waals surface area contributed by atoms with Gasteiger partial charge >= 0.3 is 0 Å². The topological polar surface area (TPSA) is 55.1 Å². The predicted molar refractivity (Wildman–Crippen MR) is 78.8 cm³/mol. The summed E-state index contributed by atoms with van der Waals surface area (Å²) in [5, 5.41) is 3.30. The lowest BCUT2D eigenvalue weighted by Gasteiger charge is -2.35. The molecule has 1 amide bonds. The van der Waals surface area contributed by atoms with E-state index in [0.717, 1.165) is 25.8 Å². The molecular formula is C16H30N2O. The molecule has 0 radical (unpaired) electrons. The number of hydrogen-bond acceptors (Lipinski definition) is 2. The van der Waals surface area contributed by atoms with Crippen molar-refractivity contribution in [1.29, 1.82) is 0 Å². The highest BCUT2D eigenvalue weighted by Crippen LogP contribution is 2.31. The van der Waals surface area contributed by atoms with Gasteiger partial charge in [0.1, 0.15) is 0 Å². The molecule has 0 aromatic rings. The molecule has 2 aliphatic carbocycles. The lowest BCUT2D eigenvalue weighted by atomic mass is 9.79. The molecule has 2 rings (SSSR count). The lowest BCUT2D eigenvalue weighted by Crippen LogP contribution is -2.47. The Morgan fingerprint density at radius 2 is 1.68 bits per heavy atom. The molecule has 0 spiro atoms. The smallest absolute Gasteiger partial charge is 0.220 e. The van der Waals surface area contributed by atoms with Gasteiger partial charge in [0.25, 0.3) is 0 Å². The third-order valence-corrected chi connectivity index (χ3v) is 5.17. The second kappa shape index (κ2) is 6.74. The number of nitrogens with two attached hydrogens (primary N) is 1. The van der Waals surface area contributed by atoms with Crippen LogP contribution in [0, 0.1) is 11.8 Å². The van der Waals surface area contributed by atoms with Gasteiger partial charge < -0.3 is 11.1 Å². The fourth-order valence-corrected chi connectivity index (χ4v) is 3.78. The lowest BCUT2D eigenvalue weighted by molar-refractivity contribution is -0.124. The van der Waals surface area contributed by atoms with Crippen molar-refractivity contribution in [2.24, 2.45) is 17.6 Å². The normalized spacial score (nSPS) is 30.8. The Labute approximate surface area is 117 Å². The zero-order valence-corrected chi connectivity index (χ0v) is 12.4. The minimum absolute atomic E-state index is 0.0732. The van der Waals surface area contributed by atoms with Crippen LogP contribution in [-0.2, 0) is 4.79 Å². The monoisotopic (exact) mass is 266 g/mol. The van der Waals surface area contributed by atoms with Crippen molar-refractivity contribution in [2.45, 2.75) is 76.7 Å². The molecule has 0 unspecified atom stereocenters. The zero-order chi connectivity index (χ0) is 13.7. The number of amides is 1. The SMILES string of the molecule is CC1(NC(=O)CC2CCC(CN)CC2)CCCCC1. The van der Waals surface area contributed by atoms with E-state index in [1.165, 1.54) is 44.9 Å². The van der Waals surface area contributed by atoms with Crippen LogP contribution >= 0.6 is 0 Å². The maximum absolute atomic E-state index is 12.2. The molecule has 0 aromatic carbocycles. The Balaban J connectivity index is 1.72. The van der Waals surface area contributed by atoms with Crippen molar-refractivity contribution in [3.63, 3.8) is 0 Å². The Kier molecular flexibility index (Phi) is 5.26. The Hall–Kier alpha value is -0.570. The van der Waals surface area contributed by atoms with Crippen LogP contribution in [0.5, 0.6) is 0 Å². The van der Waals surface area contributed by atoms with Crippen LogP contribution < -0.4 is 11.1 Å². The molecule has 0 heterocycles. The van der Waals surface area contributed by atoms with Crippen molar-refractivity contribution in [1.82, 2.24) is 5.32 Å². The standard InChI is InChI=1S/C16H30N2O/c1-16(9-3-2-4-10-16)18-15(19)11-13-5-7-14(12-17)8-6-13/h13-14H,2-12,17H2,1H3,(H,18,19). The van der Waals surface area contributed by atoms with E-state index < -0.39 is 0 Å². The Morgan fingerprint density at radius 1 is 1.11 bits per heavy atom. The van der Waals surface area contributed by atoms with Gasteiger partial charge in [0.05, 0.1) is 0 Å². The molecule has 110 valence electrons. The van der Waals surface area contributed by atoms with Crippen LogP contribution in [0.3, 0.4) is 0 Å². The highest BCUT2D eigenvalue weighted by atomic mass is 16.1. The zero-order valence-electron chi connectivity index (χ0n) is 12.4. The molecule has 2 fully saturated rings. The maximum atomic E-state index is 12.2. The number of hydrogen-bond donors (Lipinski definition) is 2. The number of rotatable bonds is 4. The molecule has 2 aliphatic rings. The van der Waals surface area contributed by atoms with Crippen LogP contribution in [0.25, 0.3) is 0 Å². The van der Waals surface area contributed by atoms with E-state index in [1.807, 2.05) is 0 Å². The summed E-state index contributed by atoms with van der Waals surface area (Å²) in [6.45, 7) is 3.03. The maximum Gasteiger partial charge on any atom is 0.220 e. The van der Waals surface area contributed by atoms with E-state index >= 15 is 0 Å². The first-order chi connectivity index (χ1) is 9.11. The molecule has 19 heavy (non-hydrogen) atoms. The average Bonchev–Trinajstić information content (AvgIpc) is 2.39. The Morgan fingerprint density at radius 3 is 2.26 bits per heavy atom. The number of nitrogens with one attached hydrogen (secondary N) is 1. The van der Waals surface area contributed by atoms with E-state index in [9.17, 15) is 4.79 Å². The molecule has 0 bridgehead atoms. The molecule has 3 heteroatoms. The summed E-state index contributed by atoms with van der Waals surface area (Å²) in [7, 11) is 0. The van der Waals surface area contributed by atoms with Crippen molar-refractivity contribution in [2.75, 3.05) is 6.54 Å². The van der Waals surface area contributed by atoms with E-state index in [-0.39, 0.29) is 11.4 Å². The number of carbonyl (C=O) groups excluding carboxylic acids is 1. The molecule has 0 aromatic heterocycles. The second-order valence-corrected chi connectivity index (χ2v) is 7.00.